The smallest absolute Gasteiger partial charge is 0.0515 e. The highest BCUT2D eigenvalue weighted by Gasteiger charge is 2.35. The number of allylic oxidation sites excluding steroid dienone is 2. The van der Waals surface area contributed by atoms with E-state index >= 15 is 0 Å². The van der Waals surface area contributed by atoms with Crippen molar-refractivity contribution in [2.24, 2.45) is 10.8 Å². The molecule has 0 nitrogen and oxygen atoms in total. The van der Waals surface area contributed by atoms with Gasteiger partial charge in [-0.3, -0.25) is 0 Å². The van der Waals surface area contributed by atoms with E-state index in [0.717, 1.165) is 0 Å². The number of hydrogen-bond donors (Lipinski definition) is 0. The van der Waals surface area contributed by atoms with Crippen LogP contribution >= 0.6 is 0 Å². The molecule has 80 valence electrons. The maximum atomic E-state index is 2.42. The van der Waals surface area contributed by atoms with Crippen molar-refractivity contribution in [2.75, 3.05) is 0 Å². The molecule has 1 heterocycles. The Labute approximate surface area is 92.7 Å². The van der Waals surface area contributed by atoms with Crippen LogP contribution in [0.1, 0.15) is 54.4 Å². The van der Waals surface area contributed by atoms with Gasteiger partial charge in [-0.05, 0) is 12.5 Å². The molecule has 0 aromatic carbocycles. The van der Waals surface area contributed by atoms with Crippen molar-refractivity contribution in [1.29, 1.82) is 0 Å². The lowest BCUT2D eigenvalue weighted by atomic mass is 9.88. The lowest BCUT2D eigenvalue weighted by Crippen LogP contribution is -2.25. The van der Waals surface area contributed by atoms with Gasteiger partial charge in [0.2, 0.25) is 16.3 Å². The standard InChI is InChI=1S/C13H23S/c1-12(2,3)10-8-7-9-11(14-10)13(4,5)6/h8H,7,9H2,1-6H3/q+1. The van der Waals surface area contributed by atoms with Gasteiger partial charge in [-0.25, -0.2) is 0 Å². The highest BCUT2D eigenvalue weighted by molar-refractivity contribution is 7.82. The molecule has 0 atom stereocenters. The minimum atomic E-state index is 0.321. The van der Waals surface area contributed by atoms with E-state index in [1.54, 1.807) is 9.77 Å². The largest absolute Gasteiger partial charge is 0.214 e. The lowest BCUT2D eigenvalue weighted by molar-refractivity contribution is 0.529. The van der Waals surface area contributed by atoms with Crippen LogP contribution in [0.3, 0.4) is 0 Å². The van der Waals surface area contributed by atoms with Gasteiger partial charge in [0.25, 0.3) is 0 Å². The fourth-order valence-corrected chi connectivity index (χ4v) is 2.85. The highest BCUT2D eigenvalue weighted by atomic mass is 32.1. The van der Waals surface area contributed by atoms with Crippen molar-refractivity contribution >= 4 is 16.2 Å². The fourth-order valence-electron chi connectivity index (χ4n) is 1.55. The van der Waals surface area contributed by atoms with Crippen LogP contribution in [0, 0.1) is 10.8 Å². The molecule has 1 rings (SSSR count). The molecular formula is C13H23S+. The Hall–Kier alpha value is -0.170. The van der Waals surface area contributed by atoms with Crippen molar-refractivity contribution in [3.05, 3.63) is 11.0 Å². The van der Waals surface area contributed by atoms with E-state index in [1.165, 1.54) is 12.8 Å². The molecule has 0 aliphatic carbocycles. The van der Waals surface area contributed by atoms with E-state index in [-0.39, 0.29) is 0 Å². The first-order valence-corrected chi connectivity index (χ1v) is 6.28. The van der Waals surface area contributed by atoms with Crippen LogP contribution in [0.4, 0.5) is 0 Å². The Kier molecular flexibility index (Phi) is 3.20. The maximum absolute atomic E-state index is 2.42. The third-order valence-corrected chi connectivity index (χ3v) is 4.57. The number of rotatable bonds is 0. The molecule has 0 N–H and O–H groups in total. The van der Waals surface area contributed by atoms with Crippen LogP contribution in [0.25, 0.3) is 0 Å². The molecule has 0 saturated carbocycles. The van der Waals surface area contributed by atoms with Crippen molar-refractivity contribution < 1.29 is 0 Å². The van der Waals surface area contributed by atoms with Crippen LogP contribution < -0.4 is 0 Å². The lowest BCUT2D eigenvalue weighted by Gasteiger charge is -2.19. The van der Waals surface area contributed by atoms with E-state index in [4.69, 9.17) is 0 Å². The third kappa shape index (κ3) is 2.91. The zero-order valence-electron chi connectivity index (χ0n) is 10.4. The monoisotopic (exact) mass is 211 g/mol. The summed E-state index contributed by atoms with van der Waals surface area (Å²) in [5.74, 6) is 0. The quantitative estimate of drug-likeness (QED) is 0.419. The van der Waals surface area contributed by atoms with Gasteiger partial charge in [0, 0.05) is 17.3 Å². The molecular weight excluding hydrogens is 188 g/mol. The molecule has 0 bridgehead atoms. The molecule has 0 amide bonds. The predicted molar refractivity (Wildman–Crippen MR) is 68.6 cm³/mol. The topological polar surface area (TPSA) is 0 Å². The average Bonchev–Trinajstić information content (AvgIpc) is 2.01. The van der Waals surface area contributed by atoms with E-state index in [9.17, 15) is 0 Å². The molecule has 0 aromatic rings. The molecule has 0 fully saturated rings. The van der Waals surface area contributed by atoms with Gasteiger partial charge in [0.05, 0.1) is 0 Å². The van der Waals surface area contributed by atoms with Gasteiger partial charge < -0.3 is 0 Å². The molecule has 1 heteroatoms. The first-order valence-electron chi connectivity index (χ1n) is 5.46. The SMILES string of the molecule is CC(C)(C)C1=CCCC(C(C)(C)C)=[S+]1. The fraction of sp³-hybridized carbons (Fsp3) is 0.769. The zero-order chi connectivity index (χ0) is 11.0. The van der Waals surface area contributed by atoms with Gasteiger partial charge >= 0.3 is 0 Å². The predicted octanol–water partition coefficient (Wildman–Crippen LogP) is 4.01. The normalized spacial score (nSPS) is 19.0. The summed E-state index contributed by atoms with van der Waals surface area (Å²) in [6.07, 6.45) is 4.90. The summed E-state index contributed by atoms with van der Waals surface area (Å²) in [6, 6.07) is 0. The Balaban J connectivity index is 2.95. The summed E-state index contributed by atoms with van der Waals surface area (Å²) in [5.41, 5.74) is 0.678. The Morgan fingerprint density at radius 2 is 1.57 bits per heavy atom. The van der Waals surface area contributed by atoms with Gasteiger partial charge in [0.15, 0.2) is 4.86 Å². The van der Waals surface area contributed by atoms with Gasteiger partial charge in [-0.15, -0.1) is 0 Å². The molecule has 14 heavy (non-hydrogen) atoms. The van der Waals surface area contributed by atoms with E-state index in [2.05, 4.69) is 47.6 Å². The second kappa shape index (κ2) is 3.77. The Morgan fingerprint density at radius 1 is 1.00 bits per heavy atom. The van der Waals surface area contributed by atoms with Crippen LogP contribution in [-0.2, 0) is 11.4 Å². The van der Waals surface area contributed by atoms with E-state index in [1.807, 2.05) is 11.4 Å². The minimum absolute atomic E-state index is 0.321. The molecule has 0 aromatic heterocycles. The van der Waals surface area contributed by atoms with Crippen LogP contribution in [0.15, 0.2) is 11.0 Å². The zero-order valence-corrected chi connectivity index (χ0v) is 11.2. The second-order valence-electron chi connectivity index (χ2n) is 6.13. The first-order chi connectivity index (χ1) is 6.21. The average molecular weight is 211 g/mol. The summed E-state index contributed by atoms with van der Waals surface area (Å²) in [7, 11) is 0. The molecule has 0 unspecified atom stereocenters. The Morgan fingerprint density at radius 3 is 2.00 bits per heavy atom. The molecule has 0 saturated heterocycles. The van der Waals surface area contributed by atoms with E-state index in [0.29, 0.717) is 10.8 Å². The molecule has 0 spiro atoms. The summed E-state index contributed by atoms with van der Waals surface area (Å²) >= 11 is 2.02. The summed E-state index contributed by atoms with van der Waals surface area (Å²) in [5, 5.41) is 0. The maximum Gasteiger partial charge on any atom is 0.214 e. The molecule has 0 radical (unpaired) electrons. The van der Waals surface area contributed by atoms with Crippen molar-refractivity contribution in [3.8, 4) is 0 Å². The number of hydrogen-bond acceptors (Lipinski definition) is 0. The van der Waals surface area contributed by atoms with Crippen molar-refractivity contribution in [3.63, 3.8) is 0 Å². The third-order valence-electron chi connectivity index (χ3n) is 2.51. The highest BCUT2D eigenvalue weighted by Crippen LogP contribution is 2.31. The Bertz CT molecular complexity index is 269. The summed E-state index contributed by atoms with van der Waals surface area (Å²) in [4.78, 5) is 3.19. The molecule has 1 aliphatic rings. The first kappa shape index (κ1) is 11.9. The van der Waals surface area contributed by atoms with Crippen LogP contribution in [0.5, 0.6) is 0 Å². The van der Waals surface area contributed by atoms with Crippen molar-refractivity contribution in [1.82, 2.24) is 0 Å². The van der Waals surface area contributed by atoms with Crippen LogP contribution in [0.2, 0.25) is 0 Å². The molecule has 1 aliphatic heterocycles. The van der Waals surface area contributed by atoms with Crippen LogP contribution in [-0.4, -0.2) is 4.86 Å². The van der Waals surface area contributed by atoms with Crippen molar-refractivity contribution in [2.45, 2.75) is 54.4 Å². The van der Waals surface area contributed by atoms with Gasteiger partial charge in [-0.2, -0.15) is 0 Å². The summed E-state index contributed by atoms with van der Waals surface area (Å²) < 4.78 is 0. The van der Waals surface area contributed by atoms with Gasteiger partial charge in [-0.1, -0.05) is 41.5 Å². The second-order valence-corrected chi connectivity index (χ2v) is 7.27. The van der Waals surface area contributed by atoms with E-state index < -0.39 is 0 Å². The van der Waals surface area contributed by atoms with Gasteiger partial charge in [0.1, 0.15) is 0 Å². The minimum Gasteiger partial charge on any atom is -0.0515 e. The summed E-state index contributed by atoms with van der Waals surface area (Å²) in [6.45, 7) is 13.9.